The molecular weight excluding hydrogens is 426 g/mol. The number of carbonyl (C=O) groups is 1. The van der Waals surface area contributed by atoms with Gasteiger partial charge in [0.2, 0.25) is 12.2 Å². The van der Waals surface area contributed by atoms with Gasteiger partial charge in [-0.2, -0.15) is 5.26 Å². The molecule has 1 heterocycles. The van der Waals surface area contributed by atoms with E-state index in [9.17, 15) is 13.6 Å². The second kappa shape index (κ2) is 9.18. The Morgan fingerprint density at radius 1 is 1.16 bits per heavy atom. The lowest BCUT2D eigenvalue weighted by Gasteiger charge is -2.48. The maximum atomic E-state index is 14.1. The lowest BCUT2D eigenvalue weighted by molar-refractivity contribution is 0.0938. The summed E-state index contributed by atoms with van der Waals surface area (Å²) in [5.74, 6) is -1.22. The fourth-order valence-corrected chi connectivity index (χ4v) is 3.50. The van der Waals surface area contributed by atoms with E-state index in [1.165, 1.54) is 0 Å². The van der Waals surface area contributed by atoms with Crippen LogP contribution in [0.1, 0.15) is 13.8 Å². The van der Waals surface area contributed by atoms with Gasteiger partial charge in [-0.15, -0.1) is 4.99 Å². The number of rotatable bonds is 2. The van der Waals surface area contributed by atoms with Crippen molar-refractivity contribution in [3.05, 3.63) is 59.1 Å². The molecule has 0 atom stereocenters. The molecule has 0 aliphatic carbocycles. The van der Waals surface area contributed by atoms with E-state index < -0.39 is 17.2 Å². The summed E-state index contributed by atoms with van der Waals surface area (Å²) in [6, 6.07) is 9.48. The number of nitrogens with one attached hydrogen (secondary N) is 2. The minimum atomic E-state index is -0.675. The van der Waals surface area contributed by atoms with Gasteiger partial charge in [0.25, 0.3) is 0 Å². The van der Waals surface area contributed by atoms with Crippen LogP contribution in [0.2, 0.25) is 5.02 Å². The second-order valence-electron chi connectivity index (χ2n) is 7.61. The van der Waals surface area contributed by atoms with Gasteiger partial charge < -0.3 is 20.4 Å². The Labute approximate surface area is 183 Å². The van der Waals surface area contributed by atoms with Crippen molar-refractivity contribution < 1.29 is 13.6 Å². The van der Waals surface area contributed by atoms with Crippen molar-refractivity contribution in [1.29, 1.82) is 5.26 Å². The van der Waals surface area contributed by atoms with E-state index >= 15 is 0 Å². The van der Waals surface area contributed by atoms with Crippen LogP contribution in [0.15, 0.2) is 47.5 Å². The van der Waals surface area contributed by atoms with Crippen molar-refractivity contribution in [3.63, 3.8) is 0 Å². The molecule has 0 saturated carbocycles. The smallest absolute Gasteiger partial charge is 0.321 e. The largest absolute Gasteiger partial charge is 0.333 e. The van der Waals surface area contributed by atoms with Crippen LogP contribution in [0.3, 0.4) is 0 Å². The number of hydrogen-bond donors (Lipinski definition) is 2. The molecule has 2 aromatic carbocycles. The number of piperazine rings is 1. The number of urea groups is 1. The molecule has 162 valence electrons. The topological polar surface area (TPSA) is 83.8 Å². The van der Waals surface area contributed by atoms with Crippen LogP contribution < -0.4 is 10.6 Å². The summed E-state index contributed by atoms with van der Waals surface area (Å²) in [5, 5.41) is 15.2. The minimum absolute atomic E-state index is 0.0785. The molecule has 0 spiro atoms. The molecule has 1 aliphatic rings. The molecule has 1 fully saturated rings. The van der Waals surface area contributed by atoms with E-state index in [-0.39, 0.29) is 17.7 Å². The minimum Gasteiger partial charge on any atom is -0.333 e. The van der Waals surface area contributed by atoms with E-state index in [4.69, 9.17) is 16.9 Å². The van der Waals surface area contributed by atoms with Gasteiger partial charge >= 0.3 is 6.03 Å². The second-order valence-corrected chi connectivity index (χ2v) is 8.04. The monoisotopic (exact) mass is 446 g/mol. The van der Waals surface area contributed by atoms with Gasteiger partial charge in [0.1, 0.15) is 11.6 Å². The zero-order valence-electron chi connectivity index (χ0n) is 17.0. The molecule has 1 saturated heterocycles. The number of hydrogen-bond acceptors (Lipinski definition) is 3. The van der Waals surface area contributed by atoms with Crippen LogP contribution in [0.25, 0.3) is 0 Å². The Morgan fingerprint density at radius 2 is 1.87 bits per heavy atom. The van der Waals surface area contributed by atoms with Crippen LogP contribution in [-0.4, -0.2) is 47.0 Å². The molecular formula is C21H21ClF2N6O. The average molecular weight is 447 g/mol. The normalized spacial score (nSPS) is 15.9. The van der Waals surface area contributed by atoms with Crippen molar-refractivity contribution >= 4 is 35.0 Å². The Kier molecular flexibility index (Phi) is 6.61. The van der Waals surface area contributed by atoms with Gasteiger partial charge in [0.15, 0.2) is 0 Å². The Balaban J connectivity index is 1.73. The fourth-order valence-electron chi connectivity index (χ4n) is 3.37. The van der Waals surface area contributed by atoms with Crippen molar-refractivity contribution in [2.24, 2.45) is 4.99 Å². The first-order valence-corrected chi connectivity index (χ1v) is 9.85. The summed E-state index contributed by atoms with van der Waals surface area (Å²) < 4.78 is 27.6. The molecule has 0 aromatic heterocycles. The molecule has 0 radical (unpaired) electrons. The number of benzene rings is 2. The van der Waals surface area contributed by atoms with Crippen LogP contribution in [0.5, 0.6) is 0 Å². The highest BCUT2D eigenvalue weighted by Gasteiger charge is 2.38. The van der Waals surface area contributed by atoms with E-state index in [2.05, 4.69) is 15.6 Å². The maximum Gasteiger partial charge on any atom is 0.321 e. The fraction of sp³-hybridized carbons (Fsp3) is 0.286. The van der Waals surface area contributed by atoms with Gasteiger partial charge in [-0.1, -0.05) is 11.6 Å². The average Bonchev–Trinajstić information content (AvgIpc) is 2.71. The van der Waals surface area contributed by atoms with E-state index in [0.29, 0.717) is 30.3 Å². The molecule has 3 rings (SSSR count). The van der Waals surface area contributed by atoms with Crippen molar-refractivity contribution in [2.75, 3.05) is 30.3 Å². The first kappa shape index (κ1) is 22.3. The molecule has 1 aliphatic heterocycles. The first-order chi connectivity index (χ1) is 14.7. The van der Waals surface area contributed by atoms with Crippen molar-refractivity contribution in [2.45, 2.75) is 19.4 Å². The van der Waals surface area contributed by atoms with Gasteiger partial charge in [-0.05, 0) is 50.2 Å². The summed E-state index contributed by atoms with van der Waals surface area (Å²) >= 11 is 5.87. The molecule has 0 bridgehead atoms. The third-order valence-corrected chi connectivity index (χ3v) is 5.12. The van der Waals surface area contributed by atoms with E-state index in [1.54, 1.807) is 40.3 Å². The number of nitrogens with zero attached hydrogens (tertiary/aromatic N) is 4. The summed E-state index contributed by atoms with van der Waals surface area (Å²) in [4.78, 5) is 19.9. The quantitative estimate of drug-likeness (QED) is 0.404. The molecule has 2 amide bonds. The Bertz CT molecular complexity index is 1040. The number of aliphatic imine (C=N–C) groups is 1. The van der Waals surface area contributed by atoms with Crippen molar-refractivity contribution in [1.82, 2.24) is 9.80 Å². The SMILES string of the molecule is CC1(C)CN(C(=O)Nc2ccc(Cl)cc2)CCN1/C(=N\C#N)Nc1cc(F)ccc1F. The molecule has 2 aromatic rings. The molecule has 10 heteroatoms. The highest BCUT2D eigenvalue weighted by atomic mass is 35.5. The number of nitriles is 1. The van der Waals surface area contributed by atoms with Crippen LogP contribution in [0.4, 0.5) is 25.0 Å². The van der Waals surface area contributed by atoms with E-state index in [0.717, 1.165) is 18.2 Å². The number of guanidine groups is 1. The van der Waals surface area contributed by atoms with E-state index in [1.807, 2.05) is 13.8 Å². The lowest BCUT2D eigenvalue weighted by Crippen LogP contribution is -2.63. The summed E-state index contributed by atoms with van der Waals surface area (Å²) in [6.07, 6.45) is 1.69. The highest BCUT2D eigenvalue weighted by molar-refractivity contribution is 6.30. The zero-order valence-corrected chi connectivity index (χ0v) is 17.7. The first-order valence-electron chi connectivity index (χ1n) is 9.47. The predicted molar refractivity (Wildman–Crippen MR) is 116 cm³/mol. The van der Waals surface area contributed by atoms with Gasteiger partial charge in [-0.3, -0.25) is 0 Å². The predicted octanol–water partition coefficient (Wildman–Crippen LogP) is 4.50. The molecule has 2 N–H and O–H groups in total. The summed E-state index contributed by atoms with van der Waals surface area (Å²) in [6.45, 7) is 4.70. The summed E-state index contributed by atoms with van der Waals surface area (Å²) in [5.41, 5.74) is -0.167. The Morgan fingerprint density at radius 3 is 2.52 bits per heavy atom. The highest BCUT2D eigenvalue weighted by Crippen LogP contribution is 2.24. The van der Waals surface area contributed by atoms with Crippen LogP contribution >= 0.6 is 11.6 Å². The van der Waals surface area contributed by atoms with Gasteiger partial charge in [-0.25, -0.2) is 13.6 Å². The number of anilines is 2. The standard InChI is InChI=1S/C21H21ClF2N6O/c1-21(2)12-29(20(31)27-16-6-3-14(22)4-7-16)9-10-30(21)19(26-13-25)28-18-11-15(23)5-8-17(18)24/h3-8,11H,9-10,12H2,1-2H3,(H,26,28)(H,27,31). The number of amides is 2. The maximum absolute atomic E-state index is 14.1. The Hall–Kier alpha value is -3.38. The summed E-state index contributed by atoms with van der Waals surface area (Å²) in [7, 11) is 0. The third-order valence-electron chi connectivity index (χ3n) is 4.87. The van der Waals surface area contributed by atoms with Crippen LogP contribution in [0, 0.1) is 23.1 Å². The lowest BCUT2D eigenvalue weighted by atomic mass is 9.99. The van der Waals surface area contributed by atoms with Gasteiger partial charge in [0, 0.05) is 36.4 Å². The zero-order chi connectivity index (χ0) is 22.6. The molecule has 7 nitrogen and oxygen atoms in total. The van der Waals surface area contributed by atoms with Crippen LogP contribution in [-0.2, 0) is 0 Å². The van der Waals surface area contributed by atoms with Gasteiger partial charge in [0.05, 0.1) is 11.2 Å². The number of carbonyl (C=O) groups excluding carboxylic acids is 1. The third kappa shape index (κ3) is 5.41. The molecule has 31 heavy (non-hydrogen) atoms. The molecule has 0 unspecified atom stereocenters. The number of halogens is 3. The van der Waals surface area contributed by atoms with Crippen molar-refractivity contribution in [3.8, 4) is 6.19 Å².